The summed E-state index contributed by atoms with van der Waals surface area (Å²) in [6, 6.07) is 7.57. The van der Waals surface area contributed by atoms with Gasteiger partial charge in [-0.05, 0) is 17.7 Å². The molecule has 1 rings (SSSR count). The molecule has 0 aliphatic rings. The molecule has 0 unspecified atom stereocenters. The maximum absolute atomic E-state index is 11.1. The largest absolute Gasteiger partial charge is 0.497 e. The number of amides is 1. The van der Waals surface area contributed by atoms with Gasteiger partial charge in [0, 0.05) is 19.5 Å². The van der Waals surface area contributed by atoms with Crippen LogP contribution in [-0.4, -0.2) is 19.6 Å². The average Bonchev–Trinajstić information content (AvgIpc) is 2.27. The monoisotopic (exact) mass is 208 g/mol. The average molecular weight is 208 g/mol. The molecule has 0 aromatic heterocycles. The Bertz CT molecular complexity index is 309. The van der Waals surface area contributed by atoms with Crippen molar-refractivity contribution in [3.8, 4) is 5.75 Å². The molecular weight excluding hydrogens is 192 g/mol. The Morgan fingerprint density at radius 2 is 2.07 bits per heavy atom. The van der Waals surface area contributed by atoms with Crippen molar-refractivity contribution in [2.45, 2.75) is 13.0 Å². The first-order valence-corrected chi connectivity index (χ1v) is 4.86. The van der Waals surface area contributed by atoms with Crippen LogP contribution in [0.15, 0.2) is 24.3 Å². The van der Waals surface area contributed by atoms with E-state index >= 15 is 0 Å². The first kappa shape index (κ1) is 11.5. The number of rotatable bonds is 5. The molecule has 4 heteroatoms. The highest BCUT2D eigenvalue weighted by Crippen LogP contribution is 2.10. The second-order valence-electron chi connectivity index (χ2n) is 3.16. The summed E-state index contributed by atoms with van der Waals surface area (Å²) in [7, 11) is 1.62. The van der Waals surface area contributed by atoms with E-state index in [0.29, 0.717) is 19.5 Å². The van der Waals surface area contributed by atoms with E-state index in [-0.39, 0.29) is 5.91 Å². The Kier molecular flexibility index (Phi) is 4.63. The van der Waals surface area contributed by atoms with Crippen LogP contribution in [0.25, 0.3) is 0 Å². The van der Waals surface area contributed by atoms with Gasteiger partial charge in [0.1, 0.15) is 5.75 Å². The summed E-state index contributed by atoms with van der Waals surface area (Å²) in [6.45, 7) is 0.914. The quantitative estimate of drug-likeness (QED) is 0.747. The zero-order valence-corrected chi connectivity index (χ0v) is 8.82. The van der Waals surface area contributed by atoms with Gasteiger partial charge in [0.05, 0.1) is 7.11 Å². The summed E-state index contributed by atoms with van der Waals surface area (Å²) in [5.41, 5.74) is 6.30. The number of nitrogens with two attached hydrogens (primary N) is 1. The zero-order chi connectivity index (χ0) is 11.1. The van der Waals surface area contributed by atoms with Crippen LogP contribution in [0.4, 0.5) is 0 Å². The second kappa shape index (κ2) is 6.03. The van der Waals surface area contributed by atoms with Crippen LogP contribution >= 0.6 is 0 Å². The lowest BCUT2D eigenvalue weighted by atomic mass is 10.2. The molecule has 4 nitrogen and oxygen atoms in total. The number of benzene rings is 1. The molecule has 0 aliphatic heterocycles. The van der Waals surface area contributed by atoms with E-state index in [1.165, 1.54) is 0 Å². The van der Waals surface area contributed by atoms with Crippen LogP contribution in [0, 0.1) is 0 Å². The number of ether oxygens (including phenoxy) is 1. The maximum atomic E-state index is 11.1. The van der Waals surface area contributed by atoms with Gasteiger partial charge in [-0.3, -0.25) is 4.79 Å². The lowest BCUT2D eigenvalue weighted by Crippen LogP contribution is -2.24. The smallest absolute Gasteiger partial charge is 0.221 e. The molecule has 1 aromatic rings. The van der Waals surface area contributed by atoms with Gasteiger partial charge in [0.2, 0.25) is 5.91 Å². The van der Waals surface area contributed by atoms with Crippen molar-refractivity contribution >= 4 is 5.91 Å². The molecule has 0 fully saturated rings. The highest BCUT2D eigenvalue weighted by atomic mass is 16.5. The summed E-state index contributed by atoms with van der Waals surface area (Å²) >= 11 is 0. The van der Waals surface area contributed by atoms with Crippen molar-refractivity contribution < 1.29 is 9.53 Å². The fourth-order valence-electron chi connectivity index (χ4n) is 1.16. The highest BCUT2D eigenvalue weighted by Gasteiger charge is 1.99. The van der Waals surface area contributed by atoms with Crippen LogP contribution in [0.3, 0.4) is 0 Å². The summed E-state index contributed by atoms with van der Waals surface area (Å²) in [4.78, 5) is 11.1. The van der Waals surface area contributed by atoms with Gasteiger partial charge in [-0.1, -0.05) is 12.1 Å². The summed E-state index contributed by atoms with van der Waals surface area (Å²) in [5.74, 6) is 0.792. The molecule has 0 spiro atoms. The van der Waals surface area contributed by atoms with E-state index in [1.807, 2.05) is 24.3 Å². The Hall–Kier alpha value is -1.55. The lowest BCUT2D eigenvalue weighted by molar-refractivity contribution is -0.121. The van der Waals surface area contributed by atoms with E-state index in [9.17, 15) is 4.79 Å². The third-order valence-corrected chi connectivity index (χ3v) is 2.02. The lowest BCUT2D eigenvalue weighted by Gasteiger charge is -2.05. The topological polar surface area (TPSA) is 64.3 Å². The highest BCUT2D eigenvalue weighted by molar-refractivity contribution is 5.76. The van der Waals surface area contributed by atoms with Crippen LogP contribution < -0.4 is 15.8 Å². The van der Waals surface area contributed by atoms with Crippen molar-refractivity contribution in [2.24, 2.45) is 5.73 Å². The van der Waals surface area contributed by atoms with E-state index in [2.05, 4.69) is 5.32 Å². The predicted octanol–water partition coefficient (Wildman–Crippen LogP) is 0.660. The predicted molar refractivity (Wildman–Crippen MR) is 58.5 cm³/mol. The van der Waals surface area contributed by atoms with Gasteiger partial charge in [-0.2, -0.15) is 0 Å². The summed E-state index contributed by atoms with van der Waals surface area (Å²) in [6.07, 6.45) is 0.371. The van der Waals surface area contributed by atoms with Crippen molar-refractivity contribution in [1.29, 1.82) is 0 Å². The number of nitrogens with one attached hydrogen (secondary N) is 1. The molecule has 0 saturated heterocycles. The molecule has 0 radical (unpaired) electrons. The maximum Gasteiger partial charge on any atom is 0.221 e. The minimum absolute atomic E-state index is 0.0201. The van der Waals surface area contributed by atoms with Crippen molar-refractivity contribution in [1.82, 2.24) is 5.32 Å². The van der Waals surface area contributed by atoms with E-state index in [1.54, 1.807) is 7.11 Å². The molecule has 82 valence electrons. The van der Waals surface area contributed by atoms with Gasteiger partial charge in [0.25, 0.3) is 0 Å². The fourth-order valence-corrected chi connectivity index (χ4v) is 1.16. The minimum atomic E-state index is -0.0201. The molecular formula is C11H16N2O2. The van der Waals surface area contributed by atoms with Crippen molar-refractivity contribution in [3.05, 3.63) is 29.8 Å². The standard InChI is InChI=1S/C11H16N2O2/c1-15-10-4-2-9(3-5-10)8-13-11(14)6-7-12/h2-5H,6-8,12H2,1H3,(H,13,14). The van der Waals surface area contributed by atoms with E-state index in [0.717, 1.165) is 11.3 Å². The third kappa shape index (κ3) is 3.99. The number of carbonyl (C=O) groups excluding carboxylic acids is 1. The third-order valence-electron chi connectivity index (χ3n) is 2.02. The van der Waals surface area contributed by atoms with E-state index in [4.69, 9.17) is 10.5 Å². The molecule has 0 saturated carbocycles. The van der Waals surface area contributed by atoms with Crippen LogP contribution in [0.5, 0.6) is 5.75 Å². The van der Waals surface area contributed by atoms with E-state index < -0.39 is 0 Å². The van der Waals surface area contributed by atoms with Gasteiger partial charge in [0.15, 0.2) is 0 Å². The number of hydrogen-bond donors (Lipinski definition) is 2. The minimum Gasteiger partial charge on any atom is -0.497 e. The number of methoxy groups -OCH3 is 1. The van der Waals surface area contributed by atoms with Crippen molar-refractivity contribution in [3.63, 3.8) is 0 Å². The molecule has 1 amide bonds. The number of hydrogen-bond acceptors (Lipinski definition) is 3. The SMILES string of the molecule is COc1ccc(CNC(=O)CCN)cc1. The Labute approximate surface area is 89.4 Å². The molecule has 0 aliphatic carbocycles. The molecule has 1 aromatic carbocycles. The number of carbonyl (C=O) groups is 1. The normalized spacial score (nSPS) is 9.73. The van der Waals surface area contributed by atoms with Gasteiger partial charge >= 0.3 is 0 Å². The molecule has 0 heterocycles. The van der Waals surface area contributed by atoms with Gasteiger partial charge in [-0.25, -0.2) is 0 Å². The Balaban J connectivity index is 2.40. The molecule has 3 N–H and O–H groups in total. The molecule has 0 atom stereocenters. The first-order valence-electron chi connectivity index (χ1n) is 4.86. The first-order chi connectivity index (χ1) is 7.26. The Morgan fingerprint density at radius 1 is 1.40 bits per heavy atom. The Morgan fingerprint density at radius 3 is 2.60 bits per heavy atom. The molecule has 15 heavy (non-hydrogen) atoms. The van der Waals surface area contributed by atoms with Gasteiger partial charge < -0.3 is 15.8 Å². The van der Waals surface area contributed by atoms with Gasteiger partial charge in [-0.15, -0.1) is 0 Å². The fraction of sp³-hybridized carbons (Fsp3) is 0.364. The second-order valence-corrected chi connectivity index (χ2v) is 3.16. The van der Waals surface area contributed by atoms with Crippen molar-refractivity contribution in [2.75, 3.05) is 13.7 Å². The van der Waals surface area contributed by atoms with Crippen LogP contribution in [0.2, 0.25) is 0 Å². The summed E-state index contributed by atoms with van der Waals surface area (Å²) in [5, 5.41) is 2.78. The van der Waals surface area contributed by atoms with Crippen LogP contribution in [-0.2, 0) is 11.3 Å². The summed E-state index contributed by atoms with van der Waals surface area (Å²) < 4.78 is 5.03. The molecule has 0 bridgehead atoms. The zero-order valence-electron chi connectivity index (χ0n) is 8.82. The van der Waals surface area contributed by atoms with Crippen LogP contribution in [0.1, 0.15) is 12.0 Å².